The Kier molecular flexibility index (Phi) is 10.2. The highest BCUT2D eigenvalue weighted by Crippen LogP contribution is 2.25. The van der Waals surface area contributed by atoms with Crippen LogP contribution in [0.5, 0.6) is 5.75 Å². The number of carbonyl (C=O) groups excluding carboxylic acids is 3. The van der Waals surface area contributed by atoms with Crippen molar-refractivity contribution in [2.24, 2.45) is 5.92 Å². The van der Waals surface area contributed by atoms with Gasteiger partial charge in [0.1, 0.15) is 23.4 Å². The topological polar surface area (TPSA) is 108 Å². The van der Waals surface area contributed by atoms with Gasteiger partial charge in [0.05, 0.1) is 0 Å². The molecule has 0 aromatic heterocycles. The summed E-state index contributed by atoms with van der Waals surface area (Å²) in [7, 11) is 0. The molecule has 0 aliphatic rings. The molecular weight excluding hydrogens is 422 g/mol. The van der Waals surface area contributed by atoms with Gasteiger partial charge in [0.2, 0.25) is 5.91 Å². The second kappa shape index (κ2) is 12.1. The molecule has 1 aromatic carbocycles. The molecule has 0 bridgehead atoms. The molecule has 3 N–H and O–H groups in total. The van der Waals surface area contributed by atoms with Crippen molar-refractivity contribution >= 4 is 17.9 Å². The number of benzene rings is 1. The van der Waals surface area contributed by atoms with Crippen LogP contribution >= 0.6 is 0 Å². The summed E-state index contributed by atoms with van der Waals surface area (Å²) in [6.45, 7) is 12.5. The van der Waals surface area contributed by atoms with Crippen molar-refractivity contribution in [3.05, 3.63) is 29.8 Å². The van der Waals surface area contributed by atoms with Gasteiger partial charge in [0.25, 0.3) is 5.91 Å². The maximum absolute atomic E-state index is 13.5. The molecule has 8 heteroatoms. The van der Waals surface area contributed by atoms with E-state index in [9.17, 15) is 19.5 Å². The van der Waals surface area contributed by atoms with Gasteiger partial charge in [-0.2, -0.15) is 0 Å². The van der Waals surface area contributed by atoms with Crippen molar-refractivity contribution < 1.29 is 24.2 Å². The summed E-state index contributed by atoms with van der Waals surface area (Å²) in [5, 5.41) is 15.2. The molecule has 182 valence electrons. The van der Waals surface area contributed by atoms with E-state index in [1.807, 2.05) is 13.8 Å². The zero-order valence-corrected chi connectivity index (χ0v) is 20.6. The van der Waals surface area contributed by atoms with E-state index >= 15 is 0 Å². The van der Waals surface area contributed by atoms with Crippen LogP contribution in [-0.4, -0.2) is 45.6 Å². The van der Waals surface area contributed by atoms with Crippen molar-refractivity contribution in [2.45, 2.75) is 85.0 Å². The summed E-state index contributed by atoms with van der Waals surface area (Å²) >= 11 is 0. The highest BCUT2D eigenvalue weighted by atomic mass is 16.6. The van der Waals surface area contributed by atoms with Crippen molar-refractivity contribution in [3.63, 3.8) is 0 Å². The normalized spacial score (nSPS) is 13.9. The summed E-state index contributed by atoms with van der Waals surface area (Å²) < 4.78 is 5.29. The maximum Gasteiger partial charge on any atom is 0.408 e. The van der Waals surface area contributed by atoms with Gasteiger partial charge in [0.15, 0.2) is 0 Å². The number of amides is 3. The lowest BCUT2D eigenvalue weighted by Gasteiger charge is -2.32. The van der Waals surface area contributed by atoms with Gasteiger partial charge in [-0.3, -0.25) is 14.5 Å². The van der Waals surface area contributed by atoms with Gasteiger partial charge in [-0.1, -0.05) is 45.7 Å². The average Bonchev–Trinajstić information content (AvgIpc) is 2.69. The molecular formula is C25H37N3O5. The average molecular weight is 460 g/mol. The third kappa shape index (κ3) is 8.68. The Hall–Kier alpha value is -3.21. The third-order valence-electron chi connectivity index (χ3n) is 4.81. The SMILES string of the molecule is C#CN(C(=O)C(NC(=O)OC(C)(C)C)C(C)C)C(C(=O)NC(C)CCC)c1ccc(O)cc1. The Morgan fingerprint density at radius 1 is 1.12 bits per heavy atom. The highest BCUT2D eigenvalue weighted by Gasteiger charge is 2.37. The monoisotopic (exact) mass is 459 g/mol. The molecule has 3 unspecified atom stereocenters. The Morgan fingerprint density at radius 3 is 2.15 bits per heavy atom. The number of nitrogens with one attached hydrogen (secondary N) is 2. The Balaban J connectivity index is 3.32. The minimum absolute atomic E-state index is 0.0162. The van der Waals surface area contributed by atoms with Crippen molar-refractivity contribution in [3.8, 4) is 18.2 Å². The lowest BCUT2D eigenvalue weighted by atomic mass is 9.99. The van der Waals surface area contributed by atoms with E-state index in [1.54, 1.807) is 34.6 Å². The molecule has 0 saturated carbocycles. The third-order valence-corrected chi connectivity index (χ3v) is 4.81. The largest absolute Gasteiger partial charge is 0.508 e. The minimum atomic E-state index is -1.15. The lowest BCUT2D eigenvalue weighted by Crippen LogP contribution is -2.54. The zero-order chi connectivity index (χ0) is 25.3. The van der Waals surface area contributed by atoms with Crippen molar-refractivity contribution in [1.29, 1.82) is 0 Å². The lowest BCUT2D eigenvalue weighted by molar-refractivity contribution is -0.139. The van der Waals surface area contributed by atoms with Gasteiger partial charge < -0.3 is 20.5 Å². The van der Waals surface area contributed by atoms with E-state index in [4.69, 9.17) is 11.2 Å². The van der Waals surface area contributed by atoms with Crippen LogP contribution in [0.15, 0.2) is 24.3 Å². The van der Waals surface area contributed by atoms with Gasteiger partial charge in [0, 0.05) is 12.1 Å². The van der Waals surface area contributed by atoms with Gasteiger partial charge in [-0.15, -0.1) is 0 Å². The maximum atomic E-state index is 13.5. The fourth-order valence-corrected chi connectivity index (χ4v) is 3.26. The molecule has 0 fully saturated rings. The molecule has 1 aromatic rings. The molecule has 3 amide bonds. The number of terminal acetylenes is 1. The number of aromatic hydroxyl groups is 1. The Bertz CT molecular complexity index is 852. The molecule has 1 rings (SSSR count). The van der Waals surface area contributed by atoms with Crippen LogP contribution in [0, 0.1) is 18.4 Å². The number of rotatable bonds is 9. The summed E-state index contributed by atoms with van der Waals surface area (Å²) in [5.41, 5.74) is -0.315. The first-order chi connectivity index (χ1) is 15.3. The quantitative estimate of drug-likeness (QED) is 0.385. The summed E-state index contributed by atoms with van der Waals surface area (Å²) in [4.78, 5) is 40.1. The van der Waals surface area contributed by atoms with E-state index in [1.165, 1.54) is 24.3 Å². The number of nitrogens with zero attached hydrogens (tertiary/aromatic N) is 1. The molecule has 0 saturated heterocycles. The van der Waals surface area contributed by atoms with Gasteiger partial charge in [-0.05, 0) is 57.7 Å². The first kappa shape index (κ1) is 27.8. The van der Waals surface area contributed by atoms with E-state index in [2.05, 4.69) is 16.7 Å². The smallest absolute Gasteiger partial charge is 0.408 e. The number of ether oxygens (including phenoxy) is 1. The second-order valence-electron chi connectivity index (χ2n) is 9.40. The predicted molar refractivity (Wildman–Crippen MR) is 127 cm³/mol. The van der Waals surface area contributed by atoms with Crippen LogP contribution < -0.4 is 10.6 Å². The van der Waals surface area contributed by atoms with Gasteiger partial charge >= 0.3 is 6.09 Å². The molecule has 3 atom stereocenters. The minimum Gasteiger partial charge on any atom is -0.508 e. The molecule has 33 heavy (non-hydrogen) atoms. The number of phenols is 1. The second-order valence-corrected chi connectivity index (χ2v) is 9.40. The molecule has 0 spiro atoms. The van der Waals surface area contributed by atoms with E-state index < -0.39 is 35.6 Å². The van der Waals surface area contributed by atoms with Crippen LogP contribution in [0.3, 0.4) is 0 Å². The van der Waals surface area contributed by atoms with Crippen LogP contribution in [0.25, 0.3) is 0 Å². The van der Waals surface area contributed by atoms with Crippen LogP contribution in [0.4, 0.5) is 4.79 Å². The number of hydrogen-bond donors (Lipinski definition) is 3. The van der Waals surface area contributed by atoms with Crippen LogP contribution in [0.1, 0.15) is 72.9 Å². The van der Waals surface area contributed by atoms with Gasteiger partial charge in [-0.25, -0.2) is 4.79 Å². The zero-order valence-electron chi connectivity index (χ0n) is 20.6. The van der Waals surface area contributed by atoms with Crippen LogP contribution in [-0.2, 0) is 14.3 Å². The highest BCUT2D eigenvalue weighted by molar-refractivity contribution is 5.93. The van der Waals surface area contributed by atoms with Crippen molar-refractivity contribution in [2.75, 3.05) is 0 Å². The first-order valence-electron chi connectivity index (χ1n) is 11.2. The Labute approximate surface area is 197 Å². The molecule has 0 aliphatic carbocycles. The molecule has 0 radical (unpaired) electrons. The Morgan fingerprint density at radius 2 is 1.70 bits per heavy atom. The summed E-state index contributed by atoms with van der Waals surface area (Å²) in [5.74, 6) is -1.38. The number of hydrogen-bond acceptors (Lipinski definition) is 5. The van der Waals surface area contributed by atoms with E-state index in [0.29, 0.717) is 5.56 Å². The van der Waals surface area contributed by atoms with E-state index in [-0.39, 0.29) is 17.7 Å². The predicted octanol–water partition coefficient (Wildman–Crippen LogP) is 3.71. The molecule has 0 aliphatic heterocycles. The summed E-state index contributed by atoms with van der Waals surface area (Å²) in [6.07, 6.45) is 6.60. The summed E-state index contributed by atoms with van der Waals surface area (Å²) in [6, 6.07) is 5.94. The number of alkyl carbamates (subject to hydrolysis) is 1. The number of phenolic OH excluding ortho intramolecular Hbond substituents is 1. The fourth-order valence-electron chi connectivity index (χ4n) is 3.26. The molecule has 8 nitrogen and oxygen atoms in total. The first-order valence-corrected chi connectivity index (χ1v) is 11.2. The van der Waals surface area contributed by atoms with Crippen molar-refractivity contribution in [1.82, 2.24) is 15.5 Å². The van der Waals surface area contributed by atoms with Crippen LogP contribution in [0.2, 0.25) is 0 Å². The number of carbonyl (C=O) groups is 3. The van der Waals surface area contributed by atoms with E-state index in [0.717, 1.165) is 17.7 Å². The fraction of sp³-hybridized carbons (Fsp3) is 0.560. The molecule has 0 heterocycles. The standard InChI is InChI=1S/C25H37N3O5/c1-9-11-17(5)26-22(30)21(18-12-14-19(29)15-13-18)28(10-2)23(31)20(16(3)4)27-24(32)33-25(6,7)8/h2,12-17,20-21,29H,9,11H2,1,3-8H3,(H,26,30)(H,27,32).